The predicted molar refractivity (Wildman–Crippen MR) is 108 cm³/mol. The Morgan fingerprint density at radius 1 is 0.889 bits per heavy atom. The third kappa shape index (κ3) is 3.52. The molecule has 27 heavy (non-hydrogen) atoms. The second kappa shape index (κ2) is 7.39. The van der Waals surface area contributed by atoms with Crippen molar-refractivity contribution in [1.29, 1.82) is 0 Å². The number of carbonyl (C=O) groups excluding carboxylic acids is 2. The number of amides is 2. The lowest BCUT2D eigenvalue weighted by Crippen LogP contribution is -2.31. The molecule has 0 saturated heterocycles. The maximum atomic E-state index is 13.1. The summed E-state index contributed by atoms with van der Waals surface area (Å²) >= 11 is 7.36. The Labute approximate surface area is 165 Å². The number of benzene rings is 2. The van der Waals surface area contributed by atoms with E-state index in [2.05, 4.69) is 5.32 Å². The first-order valence-corrected chi connectivity index (χ1v) is 9.60. The van der Waals surface area contributed by atoms with Gasteiger partial charge < -0.3 is 5.32 Å². The van der Waals surface area contributed by atoms with Crippen LogP contribution in [0, 0.1) is 0 Å². The molecule has 1 N–H and O–H groups in total. The van der Waals surface area contributed by atoms with Gasteiger partial charge in [0.2, 0.25) is 0 Å². The van der Waals surface area contributed by atoms with Crippen molar-refractivity contribution in [3.05, 3.63) is 93.3 Å². The van der Waals surface area contributed by atoms with Crippen molar-refractivity contribution < 1.29 is 9.59 Å². The molecule has 4 rings (SSSR count). The molecule has 0 saturated carbocycles. The van der Waals surface area contributed by atoms with Crippen molar-refractivity contribution in [2.45, 2.75) is 6.54 Å². The third-order valence-electron chi connectivity index (χ3n) is 4.23. The minimum absolute atomic E-state index is 0.198. The number of hydrogen-bond donors (Lipinski definition) is 1. The van der Waals surface area contributed by atoms with Crippen LogP contribution in [0.1, 0.15) is 10.4 Å². The summed E-state index contributed by atoms with van der Waals surface area (Å²) in [6, 6.07) is 20.2. The molecule has 2 heterocycles. The summed E-state index contributed by atoms with van der Waals surface area (Å²) < 4.78 is 0. The molecule has 0 spiro atoms. The van der Waals surface area contributed by atoms with Gasteiger partial charge in [0.05, 0.1) is 12.1 Å². The highest BCUT2D eigenvalue weighted by molar-refractivity contribution is 7.11. The fraction of sp³-hybridized carbons (Fsp3) is 0.0476. The van der Waals surface area contributed by atoms with Gasteiger partial charge >= 0.3 is 0 Å². The van der Waals surface area contributed by atoms with Crippen molar-refractivity contribution in [2.75, 3.05) is 5.32 Å². The highest BCUT2D eigenvalue weighted by Crippen LogP contribution is 2.33. The van der Waals surface area contributed by atoms with Crippen LogP contribution in [0.15, 0.2) is 77.8 Å². The second-order valence-corrected chi connectivity index (χ2v) is 7.43. The molecule has 3 aromatic rings. The largest absolute Gasteiger partial charge is 0.350 e. The van der Waals surface area contributed by atoms with Crippen molar-refractivity contribution in [2.24, 2.45) is 0 Å². The van der Waals surface area contributed by atoms with E-state index in [0.717, 1.165) is 16.1 Å². The average molecular weight is 395 g/mol. The first kappa shape index (κ1) is 17.5. The highest BCUT2D eigenvalue weighted by atomic mass is 35.5. The predicted octanol–water partition coefficient (Wildman–Crippen LogP) is 4.79. The molecule has 2 amide bonds. The van der Waals surface area contributed by atoms with Gasteiger partial charge in [-0.15, -0.1) is 11.3 Å². The zero-order chi connectivity index (χ0) is 18.8. The zero-order valence-electron chi connectivity index (χ0n) is 14.2. The Balaban J connectivity index is 1.69. The molecule has 0 unspecified atom stereocenters. The van der Waals surface area contributed by atoms with Gasteiger partial charge in [-0.05, 0) is 41.3 Å². The number of para-hydroxylation sites is 1. The number of halogens is 1. The number of thiophene rings is 1. The number of nitrogens with one attached hydrogen (secondary N) is 1. The van der Waals surface area contributed by atoms with Crippen LogP contribution in [0.3, 0.4) is 0 Å². The second-order valence-electron chi connectivity index (χ2n) is 6.04. The quantitative estimate of drug-likeness (QED) is 0.633. The van der Waals surface area contributed by atoms with Crippen molar-refractivity contribution in [1.82, 2.24) is 4.90 Å². The SMILES string of the molecule is O=C1C(Nc2ccccc2)=C(c2cccs2)C(=O)N1Cc1ccc(Cl)cc1. The number of anilines is 1. The van der Waals surface area contributed by atoms with E-state index < -0.39 is 0 Å². The maximum Gasteiger partial charge on any atom is 0.278 e. The van der Waals surface area contributed by atoms with Gasteiger partial charge in [-0.3, -0.25) is 14.5 Å². The van der Waals surface area contributed by atoms with Crippen molar-refractivity contribution in [3.63, 3.8) is 0 Å². The molecule has 2 aromatic carbocycles. The molecule has 0 atom stereocenters. The molecular formula is C21H15ClN2O2S. The van der Waals surface area contributed by atoms with Crippen LogP contribution in [0.5, 0.6) is 0 Å². The summed E-state index contributed by atoms with van der Waals surface area (Å²) in [6.07, 6.45) is 0. The molecule has 134 valence electrons. The van der Waals surface area contributed by atoms with Gasteiger partial charge in [0.15, 0.2) is 0 Å². The van der Waals surface area contributed by atoms with E-state index in [0.29, 0.717) is 16.3 Å². The maximum absolute atomic E-state index is 13.1. The number of carbonyl (C=O) groups is 2. The Kier molecular flexibility index (Phi) is 4.79. The Bertz CT molecular complexity index is 1010. The smallest absolute Gasteiger partial charge is 0.278 e. The zero-order valence-corrected chi connectivity index (χ0v) is 15.8. The van der Waals surface area contributed by atoms with E-state index in [1.807, 2.05) is 60.0 Å². The Morgan fingerprint density at radius 2 is 1.63 bits per heavy atom. The molecule has 1 aliphatic rings. The van der Waals surface area contributed by atoms with Gasteiger partial charge in [-0.25, -0.2) is 0 Å². The molecule has 0 fully saturated rings. The van der Waals surface area contributed by atoms with E-state index in [1.54, 1.807) is 12.1 Å². The van der Waals surface area contributed by atoms with Crippen LogP contribution in [0.2, 0.25) is 5.02 Å². The van der Waals surface area contributed by atoms with Gasteiger partial charge in [-0.2, -0.15) is 0 Å². The molecule has 1 aliphatic heterocycles. The van der Waals surface area contributed by atoms with Crippen LogP contribution in [0.4, 0.5) is 5.69 Å². The molecule has 6 heteroatoms. The first-order chi connectivity index (χ1) is 13.1. The molecule has 0 radical (unpaired) electrons. The third-order valence-corrected chi connectivity index (χ3v) is 5.37. The number of hydrogen-bond acceptors (Lipinski definition) is 4. The average Bonchev–Trinajstić information content (AvgIpc) is 3.28. The van der Waals surface area contributed by atoms with Crippen LogP contribution in [-0.4, -0.2) is 16.7 Å². The van der Waals surface area contributed by atoms with E-state index in [1.165, 1.54) is 16.2 Å². The monoisotopic (exact) mass is 394 g/mol. The van der Waals surface area contributed by atoms with E-state index in [4.69, 9.17) is 11.6 Å². The Hall–Kier alpha value is -2.89. The number of imide groups is 1. The molecule has 4 nitrogen and oxygen atoms in total. The molecule has 0 aliphatic carbocycles. The van der Waals surface area contributed by atoms with Gasteiger partial charge in [-0.1, -0.05) is 48.0 Å². The van der Waals surface area contributed by atoms with Crippen LogP contribution < -0.4 is 5.32 Å². The summed E-state index contributed by atoms with van der Waals surface area (Å²) in [7, 11) is 0. The standard InChI is InChI=1S/C21H15ClN2O2S/c22-15-10-8-14(9-11-15)13-24-20(25)18(17-7-4-12-27-17)19(21(24)26)23-16-5-2-1-3-6-16/h1-12,23H,13H2. The summed E-state index contributed by atoms with van der Waals surface area (Å²) in [5.41, 5.74) is 2.32. The van der Waals surface area contributed by atoms with Gasteiger partial charge in [0.25, 0.3) is 11.8 Å². The molecule has 0 bridgehead atoms. The van der Waals surface area contributed by atoms with Gasteiger partial charge in [0, 0.05) is 15.6 Å². The number of rotatable bonds is 5. The Morgan fingerprint density at radius 3 is 2.30 bits per heavy atom. The minimum Gasteiger partial charge on any atom is -0.350 e. The fourth-order valence-corrected chi connectivity index (χ4v) is 3.82. The fourth-order valence-electron chi connectivity index (χ4n) is 2.92. The lowest BCUT2D eigenvalue weighted by atomic mass is 10.2. The van der Waals surface area contributed by atoms with Crippen LogP contribution in [-0.2, 0) is 16.1 Å². The van der Waals surface area contributed by atoms with E-state index >= 15 is 0 Å². The minimum atomic E-state index is -0.331. The molecular weight excluding hydrogens is 380 g/mol. The lowest BCUT2D eigenvalue weighted by molar-refractivity contribution is -0.137. The first-order valence-electron chi connectivity index (χ1n) is 8.34. The van der Waals surface area contributed by atoms with Crippen molar-refractivity contribution >= 4 is 46.0 Å². The van der Waals surface area contributed by atoms with Crippen LogP contribution >= 0.6 is 22.9 Å². The van der Waals surface area contributed by atoms with E-state index in [-0.39, 0.29) is 18.4 Å². The number of nitrogens with zero attached hydrogens (tertiary/aromatic N) is 1. The summed E-state index contributed by atoms with van der Waals surface area (Å²) in [5.74, 6) is -0.627. The van der Waals surface area contributed by atoms with Gasteiger partial charge in [0.1, 0.15) is 5.70 Å². The van der Waals surface area contributed by atoms with Crippen molar-refractivity contribution in [3.8, 4) is 0 Å². The summed E-state index contributed by atoms with van der Waals surface area (Å²) in [5, 5.41) is 5.64. The van der Waals surface area contributed by atoms with E-state index in [9.17, 15) is 9.59 Å². The normalized spacial score (nSPS) is 14.2. The van der Waals surface area contributed by atoms with Crippen LogP contribution in [0.25, 0.3) is 5.57 Å². The molecule has 1 aromatic heterocycles. The summed E-state index contributed by atoms with van der Waals surface area (Å²) in [4.78, 5) is 28.2. The topological polar surface area (TPSA) is 49.4 Å². The summed E-state index contributed by atoms with van der Waals surface area (Å²) in [6.45, 7) is 0.198. The highest BCUT2D eigenvalue weighted by Gasteiger charge is 2.39. The lowest BCUT2D eigenvalue weighted by Gasteiger charge is -2.15.